The molecule has 6 rings (SSSR count). The van der Waals surface area contributed by atoms with E-state index in [-0.39, 0.29) is 30.1 Å². The average molecular weight is 459 g/mol. The number of aliphatic hydroxyl groups is 1. The molecule has 8 nitrogen and oxygen atoms in total. The van der Waals surface area contributed by atoms with Crippen molar-refractivity contribution in [2.45, 2.75) is 24.4 Å². The molecule has 3 fully saturated rings. The van der Waals surface area contributed by atoms with Gasteiger partial charge in [-0.25, -0.2) is 13.8 Å². The third kappa shape index (κ3) is 3.72. The van der Waals surface area contributed by atoms with E-state index < -0.39 is 23.8 Å². The number of ether oxygens (including phenoxy) is 4. The van der Waals surface area contributed by atoms with Gasteiger partial charge in [0.15, 0.2) is 12.0 Å². The maximum absolute atomic E-state index is 15.0. The van der Waals surface area contributed by atoms with Gasteiger partial charge in [-0.2, -0.15) is 0 Å². The molecule has 0 radical (unpaired) electrons. The predicted octanol–water partition coefficient (Wildman–Crippen LogP) is 2.25. The number of nitrogens with zero attached hydrogens (tertiary/aromatic N) is 2. The van der Waals surface area contributed by atoms with Gasteiger partial charge >= 0.3 is 0 Å². The minimum absolute atomic E-state index is 0.169. The first-order valence-corrected chi connectivity index (χ1v) is 11.0. The van der Waals surface area contributed by atoms with Crippen molar-refractivity contribution in [1.82, 2.24) is 9.97 Å². The Bertz CT molecular complexity index is 1160. The molecule has 0 saturated carbocycles. The third-order valence-electron chi connectivity index (χ3n) is 6.37. The van der Waals surface area contributed by atoms with E-state index >= 15 is 0 Å². The number of hydrogen-bond donors (Lipinski definition) is 2. The van der Waals surface area contributed by atoms with E-state index in [0.717, 1.165) is 0 Å². The first kappa shape index (κ1) is 20.8. The van der Waals surface area contributed by atoms with Crippen LogP contribution in [0.4, 0.5) is 14.5 Å². The molecule has 3 aliphatic rings. The average Bonchev–Trinajstić information content (AvgIpc) is 3.50. The van der Waals surface area contributed by atoms with Gasteiger partial charge in [-0.1, -0.05) is 0 Å². The highest BCUT2D eigenvalue weighted by Crippen LogP contribution is 2.33. The van der Waals surface area contributed by atoms with E-state index in [0.29, 0.717) is 55.5 Å². The molecule has 2 N–H and O–H groups in total. The lowest BCUT2D eigenvalue weighted by molar-refractivity contribution is 0.00794. The Hall–Kier alpha value is -2.79. The van der Waals surface area contributed by atoms with Crippen molar-refractivity contribution in [3.63, 3.8) is 0 Å². The van der Waals surface area contributed by atoms with Gasteiger partial charge in [0.05, 0.1) is 48.7 Å². The molecule has 0 bridgehead atoms. The lowest BCUT2D eigenvalue weighted by Gasteiger charge is -2.29. The zero-order valence-corrected chi connectivity index (χ0v) is 17.7. The number of hydrogen-bond acceptors (Lipinski definition) is 7. The van der Waals surface area contributed by atoms with Crippen molar-refractivity contribution < 1.29 is 32.8 Å². The Morgan fingerprint density at radius 3 is 2.58 bits per heavy atom. The molecule has 5 heterocycles. The summed E-state index contributed by atoms with van der Waals surface area (Å²) in [7, 11) is 0. The topological polar surface area (TPSA) is 89.1 Å². The fraction of sp³-hybridized carbons (Fsp3) is 0.435. The second kappa shape index (κ2) is 8.21. The molecule has 10 heteroatoms. The molecule has 3 aromatic rings. The summed E-state index contributed by atoms with van der Waals surface area (Å²) in [6, 6.07) is 7.64. The quantitative estimate of drug-likeness (QED) is 0.619. The fourth-order valence-corrected chi connectivity index (χ4v) is 4.70. The number of pyridine rings is 1. The number of morpholine rings is 1. The van der Waals surface area contributed by atoms with Crippen LogP contribution in [0.3, 0.4) is 0 Å². The van der Waals surface area contributed by atoms with Crippen LogP contribution in [0.5, 0.6) is 5.88 Å². The first-order chi connectivity index (χ1) is 16.1. The second-order valence-corrected chi connectivity index (χ2v) is 8.47. The summed E-state index contributed by atoms with van der Waals surface area (Å²) in [5.74, 6) is -0.889. The molecule has 1 aromatic carbocycles. The van der Waals surface area contributed by atoms with Crippen LogP contribution in [0.25, 0.3) is 22.3 Å². The number of nitrogens with one attached hydrogen (secondary N) is 1. The van der Waals surface area contributed by atoms with Gasteiger partial charge in [-0.15, -0.1) is 0 Å². The molecular formula is C23H23F2N3O5. The van der Waals surface area contributed by atoms with Gasteiger partial charge in [0.1, 0.15) is 29.9 Å². The van der Waals surface area contributed by atoms with Crippen molar-refractivity contribution in [3.8, 4) is 17.1 Å². The van der Waals surface area contributed by atoms with Crippen LogP contribution in [-0.2, 0) is 14.2 Å². The number of H-pyrrole nitrogens is 1. The summed E-state index contributed by atoms with van der Waals surface area (Å²) >= 11 is 0. The summed E-state index contributed by atoms with van der Waals surface area (Å²) in [5.41, 5.74) is 1.71. The standard InChI is InChI=1S/C23H23F2N3O5/c24-13-7-12(28-3-5-30-6-4-28)8-14(25)21(13)16-2-1-15-17(26-16)9-20(27-15)33-19-11-32-22-18(29)10-31-23(19)22/h1-2,7-9,18-19,22-23,27,29H,3-6,10-11H2/t18-,19-,22?,23?/m1/s1. The van der Waals surface area contributed by atoms with Crippen molar-refractivity contribution in [1.29, 1.82) is 0 Å². The highest BCUT2D eigenvalue weighted by Gasteiger charge is 2.48. The molecule has 2 aromatic heterocycles. The van der Waals surface area contributed by atoms with Crippen LogP contribution in [0, 0.1) is 11.6 Å². The van der Waals surface area contributed by atoms with Crippen molar-refractivity contribution in [3.05, 3.63) is 42.0 Å². The molecule has 174 valence electrons. The van der Waals surface area contributed by atoms with Gasteiger partial charge < -0.3 is 33.9 Å². The number of aromatic nitrogens is 2. The van der Waals surface area contributed by atoms with E-state index in [1.807, 2.05) is 4.90 Å². The number of benzene rings is 1. The second-order valence-electron chi connectivity index (χ2n) is 8.47. The van der Waals surface area contributed by atoms with E-state index in [9.17, 15) is 13.9 Å². The van der Waals surface area contributed by atoms with Crippen LogP contribution in [0.2, 0.25) is 0 Å². The molecule has 4 atom stereocenters. The van der Waals surface area contributed by atoms with E-state index in [1.165, 1.54) is 12.1 Å². The Morgan fingerprint density at radius 2 is 1.79 bits per heavy atom. The summed E-state index contributed by atoms with van der Waals surface area (Å²) in [6.45, 7) is 2.75. The number of aliphatic hydroxyl groups excluding tert-OH is 1. The SMILES string of the molecule is O[C@@H]1COC2C1OC[C@H]2Oc1cc2nc(-c3c(F)cc(N4CCOCC4)cc3F)ccc2[nH]1. The monoisotopic (exact) mass is 459 g/mol. The summed E-state index contributed by atoms with van der Waals surface area (Å²) in [5, 5.41) is 9.88. The van der Waals surface area contributed by atoms with Crippen LogP contribution in [-0.4, -0.2) is 79.0 Å². The molecule has 0 aliphatic carbocycles. The lowest BCUT2D eigenvalue weighted by atomic mass is 10.1. The number of aromatic amines is 1. The number of fused-ring (bicyclic) bond motifs is 2. The van der Waals surface area contributed by atoms with Gasteiger partial charge in [0.2, 0.25) is 0 Å². The fourth-order valence-electron chi connectivity index (χ4n) is 4.70. The molecule has 33 heavy (non-hydrogen) atoms. The lowest BCUT2D eigenvalue weighted by Crippen LogP contribution is -2.36. The highest BCUT2D eigenvalue weighted by molar-refractivity contribution is 5.81. The molecule has 3 saturated heterocycles. The van der Waals surface area contributed by atoms with E-state index in [4.69, 9.17) is 18.9 Å². The highest BCUT2D eigenvalue weighted by atomic mass is 19.1. The molecule has 0 amide bonds. The maximum Gasteiger partial charge on any atom is 0.193 e. The smallest absolute Gasteiger partial charge is 0.193 e. The van der Waals surface area contributed by atoms with Crippen LogP contribution in [0.1, 0.15) is 0 Å². The van der Waals surface area contributed by atoms with Crippen LogP contribution in [0.15, 0.2) is 30.3 Å². The van der Waals surface area contributed by atoms with Crippen molar-refractivity contribution in [2.24, 2.45) is 0 Å². The van der Waals surface area contributed by atoms with Crippen LogP contribution >= 0.6 is 0 Å². The summed E-state index contributed by atoms with van der Waals surface area (Å²) in [6.07, 6.45) is -1.77. The zero-order chi connectivity index (χ0) is 22.5. The Kier molecular flexibility index (Phi) is 5.17. The van der Waals surface area contributed by atoms with Crippen molar-refractivity contribution >= 4 is 16.7 Å². The molecule has 3 aliphatic heterocycles. The largest absolute Gasteiger partial charge is 0.470 e. The first-order valence-electron chi connectivity index (χ1n) is 11.0. The van der Waals surface area contributed by atoms with Gasteiger partial charge in [0, 0.05) is 24.8 Å². The zero-order valence-electron chi connectivity index (χ0n) is 17.7. The van der Waals surface area contributed by atoms with Crippen LogP contribution < -0.4 is 9.64 Å². The number of halogens is 2. The predicted molar refractivity (Wildman–Crippen MR) is 114 cm³/mol. The molecule has 2 unspecified atom stereocenters. The maximum atomic E-state index is 15.0. The normalized spacial score (nSPS) is 27.3. The molecule has 0 spiro atoms. The Labute approximate surface area is 188 Å². The number of rotatable bonds is 4. The van der Waals surface area contributed by atoms with Gasteiger partial charge in [-0.05, 0) is 24.3 Å². The van der Waals surface area contributed by atoms with Crippen molar-refractivity contribution in [2.75, 3.05) is 44.4 Å². The van der Waals surface area contributed by atoms with Gasteiger partial charge in [0.25, 0.3) is 0 Å². The third-order valence-corrected chi connectivity index (χ3v) is 6.37. The van der Waals surface area contributed by atoms with E-state index in [1.54, 1.807) is 18.2 Å². The minimum atomic E-state index is -0.665. The van der Waals surface area contributed by atoms with E-state index in [2.05, 4.69) is 9.97 Å². The molecular weight excluding hydrogens is 436 g/mol. The summed E-state index contributed by atoms with van der Waals surface area (Å²) in [4.78, 5) is 9.46. The van der Waals surface area contributed by atoms with Gasteiger partial charge in [-0.3, -0.25) is 0 Å². The summed E-state index contributed by atoms with van der Waals surface area (Å²) < 4.78 is 52.4. The minimum Gasteiger partial charge on any atom is -0.470 e. The Morgan fingerprint density at radius 1 is 1.03 bits per heavy atom. The Balaban J connectivity index is 1.25. The number of anilines is 1.